The molecule has 262 valence electrons. The van der Waals surface area contributed by atoms with Gasteiger partial charge in [0, 0.05) is 25.1 Å². The Balaban J connectivity index is 4.42. The molecule has 0 aliphatic heterocycles. The van der Waals surface area contributed by atoms with Crippen LogP contribution in [0.25, 0.3) is 0 Å². The van der Waals surface area contributed by atoms with Crippen molar-refractivity contribution in [2.24, 2.45) is 0 Å². The van der Waals surface area contributed by atoms with Crippen LogP contribution >= 0.6 is 0 Å². The molecule has 0 fully saturated rings. The first-order valence-electron chi connectivity index (χ1n) is 16.6. The van der Waals surface area contributed by atoms with E-state index in [0.29, 0.717) is 25.8 Å². The number of carbonyl (C=O) groups is 4. The average Bonchev–Trinajstić information content (AvgIpc) is 3.06. The van der Waals surface area contributed by atoms with Crippen molar-refractivity contribution in [1.82, 2.24) is 10.6 Å². The molecular formula is C37H56N2O8. The van der Waals surface area contributed by atoms with Gasteiger partial charge in [0.1, 0.15) is 12.1 Å². The SMILES string of the molecule is CCC=CCC=CCC=CCC=CCC=CCC=CCCC(=O)N[C@@H](CCCCNC(=O)C=CC(=O)OCC)C(=O)OC(CO)CO. The lowest BCUT2D eigenvalue weighted by molar-refractivity contribution is -0.157. The second-order valence-electron chi connectivity index (χ2n) is 10.4. The summed E-state index contributed by atoms with van der Waals surface area (Å²) in [6, 6.07) is -0.965. The fourth-order valence-corrected chi connectivity index (χ4v) is 3.83. The monoisotopic (exact) mass is 656 g/mol. The first-order valence-corrected chi connectivity index (χ1v) is 16.6. The molecule has 1 atom stereocenters. The van der Waals surface area contributed by atoms with Crippen LogP contribution in [0.3, 0.4) is 0 Å². The van der Waals surface area contributed by atoms with Gasteiger partial charge in [-0.15, -0.1) is 0 Å². The third kappa shape index (κ3) is 28.0. The lowest BCUT2D eigenvalue weighted by Crippen LogP contribution is -2.44. The molecule has 0 aromatic heterocycles. The van der Waals surface area contributed by atoms with Crippen LogP contribution in [0, 0.1) is 0 Å². The summed E-state index contributed by atoms with van der Waals surface area (Å²) < 4.78 is 9.83. The van der Waals surface area contributed by atoms with Crippen LogP contribution in [0.4, 0.5) is 0 Å². The Hall–Kier alpha value is -4.02. The first-order chi connectivity index (χ1) is 22.9. The van der Waals surface area contributed by atoms with Gasteiger partial charge in [-0.2, -0.15) is 0 Å². The molecule has 0 aromatic carbocycles. The van der Waals surface area contributed by atoms with E-state index in [1.54, 1.807) is 6.92 Å². The van der Waals surface area contributed by atoms with Crippen molar-refractivity contribution in [2.45, 2.75) is 96.6 Å². The fourth-order valence-electron chi connectivity index (χ4n) is 3.83. The molecule has 0 rings (SSSR count). The van der Waals surface area contributed by atoms with Crippen LogP contribution in [-0.4, -0.2) is 72.5 Å². The quantitative estimate of drug-likeness (QED) is 0.0405. The summed E-state index contributed by atoms with van der Waals surface area (Å²) in [4.78, 5) is 48.2. The molecule has 2 amide bonds. The number of aliphatic hydroxyl groups excluding tert-OH is 2. The highest BCUT2D eigenvalue weighted by atomic mass is 16.6. The van der Waals surface area contributed by atoms with Crippen LogP contribution in [0.2, 0.25) is 0 Å². The highest BCUT2D eigenvalue weighted by Gasteiger charge is 2.24. The van der Waals surface area contributed by atoms with Crippen LogP contribution in [0.15, 0.2) is 85.1 Å². The van der Waals surface area contributed by atoms with E-state index in [0.717, 1.165) is 50.7 Å². The van der Waals surface area contributed by atoms with Crippen molar-refractivity contribution in [3.8, 4) is 0 Å². The summed E-state index contributed by atoms with van der Waals surface area (Å²) in [6.45, 7) is 3.21. The van der Waals surface area contributed by atoms with Crippen LogP contribution in [0.5, 0.6) is 0 Å². The number of nitrogens with one attached hydrogen (secondary N) is 2. The molecular weight excluding hydrogens is 600 g/mol. The van der Waals surface area contributed by atoms with Gasteiger partial charge in [-0.3, -0.25) is 9.59 Å². The summed E-state index contributed by atoms with van der Waals surface area (Å²) >= 11 is 0. The Morgan fingerprint density at radius 3 is 1.74 bits per heavy atom. The van der Waals surface area contributed by atoms with Gasteiger partial charge in [0.15, 0.2) is 0 Å². The topological polar surface area (TPSA) is 151 Å². The summed E-state index contributed by atoms with van der Waals surface area (Å²) in [6.07, 6.45) is 33.9. The molecule has 0 spiro atoms. The number of hydrogen-bond donors (Lipinski definition) is 4. The van der Waals surface area contributed by atoms with E-state index >= 15 is 0 Å². The minimum Gasteiger partial charge on any atom is -0.463 e. The van der Waals surface area contributed by atoms with Gasteiger partial charge < -0.3 is 30.3 Å². The van der Waals surface area contributed by atoms with Crippen molar-refractivity contribution >= 4 is 23.8 Å². The molecule has 0 unspecified atom stereocenters. The zero-order valence-electron chi connectivity index (χ0n) is 28.2. The van der Waals surface area contributed by atoms with E-state index in [2.05, 4.69) is 78.3 Å². The molecule has 0 heterocycles. The number of ether oxygens (including phenoxy) is 2. The van der Waals surface area contributed by atoms with E-state index in [9.17, 15) is 29.4 Å². The first kappa shape index (κ1) is 43.0. The Morgan fingerprint density at radius 1 is 0.702 bits per heavy atom. The van der Waals surface area contributed by atoms with Crippen molar-refractivity contribution in [3.63, 3.8) is 0 Å². The van der Waals surface area contributed by atoms with Crippen molar-refractivity contribution < 1.29 is 38.9 Å². The van der Waals surface area contributed by atoms with Gasteiger partial charge >= 0.3 is 11.9 Å². The third-order valence-corrected chi connectivity index (χ3v) is 6.32. The summed E-state index contributed by atoms with van der Waals surface area (Å²) in [5, 5.41) is 23.8. The number of rotatable bonds is 27. The summed E-state index contributed by atoms with van der Waals surface area (Å²) in [5.41, 5.74) is 0. The Bertz CT molecular complexity index is 1070. The predicted molar refractivity (Wildman–Crippen MR) is 186 cm³/mol. The normalized spacial score (nSPS) is 13.0. The lowest BCUT2D eigenvalue weighted by Gasteiger charge is -2.20. The molecule has 0 radical (unpaired) electrons. The number of esters is 2. The molecule has 47 heavy (non-hydrogen) atoms. The Kier molecular flexibility index (Phi) is 29.2. The lowest BCUT2D eigenvalue weighted by atomic mass is 10.1. The van der Waals surface area contributed by atoms with Crippen molar-refractivity contribution in [1.29, 1.82) is 0 Å². The van der Waals surface area contributed by atoms with Gasteiger partial charge in [0.05, 0.1) is 19.8 Å². The highest BCUT2D eigenvalue weighted by molar-refractivity contribution is 5.94. The fraction of sp³-hybridized carbons (Fsp3) is 0.514. The molecule has 0 saturated carbocycles. The predicted octanol–water partition coefficient (Wildman–Crippen LogP) is 5.25. The van der Waals surface area contributed by atoms with E-state index in [1.807, 2.05) is 12.2 Å². The van der Waals surface area contributed by atoms with Gasteiger partial charge in [0.2, 0.25) is 11.8 Å². The van der Waals surface area contributed by atoms with Crippen molar-refractivity contribution in [3.05, 3.63) is 85.1 Å². The molecule has 0 aromatic rings. The zero-order chi connectivity index (χ0) is 34.8. The summed E-state index contributed by atoms with van der Waals surface area (Å²) in [5.74, 6) is -2.13. The number of amides is 2. The van der Waals surface area contributed by atoms with E-state index in [1.165, 1.54) is 0 Å². The minimum absolute atomic E-state index is 0.179. The Labute approximate surface area is 281 Å². The average molecular weight is 657 g/mol. The standard InChI is InChI=1S/C37H56N2O8/c1-3-5-6-7-8-9-10-11-12-13-14-15-16-17-18-19-20-21-22-26-35(43)39-33(37(45)47-32(30-40)31-41)25-23-24-29-38-34(42)27-28-36(44)46-4-2/h5-6,8-9,11-12,14-15,17-18,20-21,27-28,32-33,40-41H,3-4,7,10,13,16,19,22-26,29-31H2,1-2H3,(H,38,42)(H,39,43)/t33-/m0/s1. The number of unbranched alkanes of at least 4 members (excludes halogenated alkanes) is 1. The van der Waals surface area contributed by atoms with Crippen LogP contribution < -0.4 is 10.6 Å². The number of carbonyl (C=O) groups excluding carboxylic acids is 4. The van der Waals surface area contributed by atoms with E-state index in [-0.39, 0.29) is 25.4 Å². The van der Waals surface area contributed by atoms with Gasteiger partial charge in [0.25, 0.3) is 0 Å². The third-order valence-electron chi connectivity index (χ3n) is 6.32. The second kappa shape index (κ2) is 31.9. The number of allylic oxidation sites excluding steroid dienone is 12. The van der Waals surface area contributed by atoms with Crippen molar-refractivity contribution in [2.75, 3.05) is 26.4 Å². The molecule has 10 nitrogen and oxygen atoms in total. The van der Waals surface area contributed by atoms with E-state index < -0.39 is 43.2 Å². The van der Waals surface area contributed by atoms with Gasteiger partial charge in [-0.1, -0.05) is 79.8 Å². The van der Waals surface area contributed by atoms with Crippen LogP contribution in [-0.2, 0) is 28.7 Å². The minimum atomic E-state index is -1.08. The van der Waals surface area contributed by atoms with E-state index in [4.69, 9.17) is 9.47 Å². The molecule has 10 heteroatoms. The smallest absolute Gasteiger partial charge is 0.330 e. The largest absolute Gasteiger partial charge is 0.463 e. The maximum Gasteiger partial charge on any atom is 0.330 e. The van der Waals surface area contributed by atoms with Crippen LogP contribution in [0.1, 0.15) is 84.5 Å². The van der Waals surface area contributed by atoms with Gasteiger partial charge in [-0.05, 0) is 71.1 Å². The Morgan fingerprint density at radius 2 is 1.23 bits per heavy atom. The molecule has 0 bridgehead atoms. The number of hydrogen-bond acceptors (Lipinski definition) is 8. The maximum atomic E-state index is 12.6. The maximum absolute atomic E-state index is 12.6. The molecule has 0 aliphatic carbocycles. The zero-order valence-corrected chi connectivity index (χ0v) is 28.2. The summed E-state index contributed by atoms with van der Waals surface area (Å²) in [7, 11) is 0. The second-order valence-corrected chi connectivity index (χ2v) is 10.4. The van der Waals surface area contributed by atoms with Gasteiger partial charge in [-0.25, -0.2) is 9.59 Å². The molecule has 4 N–H and O–H groups in total. The molecule has 0 aliphatic rings. The molecule has 0 saturated heterocycles. The number of aliphatic hydroxyl groups is 2. The highest BCUT2D eigenvalue weighted by Crippen LogP contribution is 2.07.